The third kappa shape index (κ3) is 2.07. The number of hydrogen-bond donors (Lipinski definition) is 4. The molecule has 6 nitrogen and oxygen atoms in total. The van der Waals surface area contributed by atoms with Gasteiger partial charge in [-0.1, -0.05) is 42.5 Å². The first-order valence-corrected chi connectivity index (χ1v) is 6.63. The minimum Gasteiger partial charge on any atom is -0.290 e. The van der Waals surface area contributed by atoms with Crippen LogP contribution in [0.5, 0.6) is 0 Å². The summed E-state index contributed by atoms with van der Waals surface area (Å²) in [5.74, 6) is 9.35. The Balaban J connectivity index is 2.44. The first kappa shape index (κ1) is 14.0. The van der Waals surface area contributed by atoms with E-state index >= 15 is 0 Å². The molecule has 0 heterocycles. The standard InChI is InChI=1S/C16H14N4O2/c17-19-15(21)13-8-7-11-10-4-2-1-3-9(10)5-6-12(11)14(13)16(22)20-18/h1-8H,17-18H2,(H,19,21)(H,20,22). The Morgan fingerprint density at radius 2 is 1.41 bits per heavy atom. The molecule has 0 aliphatic rings. The van der Waals surface area contributed by atoms with Crippen LogP contribution in [-0.4, -0.2) is 11.8 Å². The fourth-order valence-corrected chi connectivity index (χ4v) is 2.67. The summed E-state index contributed by atoms with van der Waals surface area (Å²) in [5, 5.41) is 3.55. The summed E-state index contributed by atoms with van der Waals surface area (Å²) in [5.41, 5.74) is 4.50. The van der Waals surface area contributed by atoms with Gasteiger partial charge in [-0.25, -0.2) is 11.7 Å². The van der Waals surface area contributed by atoms with Crippen LogP contribution in [0.25, 0.3) is 21.5 Å². The van der Waals surface area contributed by atoms with Crippen LogP contribution in [0.2, 0.25) is 0 Å². The van der Waals surface area contributed by atoms with Gasteiger partial charge in [0.1, 0.15) is 0 Å². The number of fused-ring (bicyclic) bond motifs is 3. The zero-order valence-electron chi connectivity index (χ0n) is 11.6. The highest BCUT2D eigenvalue weighted by Crippen LogP contribution is 2.29. The zero-order chi connectivity index (χ0) is 15.7. The van der Waals surface area contributed by atoms with Crippen molar-refractivity contribution >= 4 is 33.4 Å². The second-order valence-corrected chi connectivity index (χ2v) is 4.82. The first-order valence-electron chi connectivity index (χ1n) is 6.63. The van der Waals surface area contributed by atoms with Gasteiger partial charge in [-0.2, -0.15) is 0 Å². The van der Waals surface area contributed by atoms with Gasteiger partial charge in [0.2, 0.25) is 0 Å². The van der Waals surface area contributed by atoms with Gasteiger partial charge in [0.25, 0.3) is 11.8 Å². The Morgan fingerprint density at radius 1 is 0.727 bits per heavy atom. The van der Waals surface area contributed by atoms with Gasteiger partial charge >= 0.3 is 0 Å². The zero-order valence-corrected chi connectivity index (χ0v) is 11.6. The van der Waals surface area contributed by atoms with E-state index < -0.39 is 11.8 Å². The molecule has 0 atom stereocenters. The minimum absolute atomic E-state index is 0.174. The molecule has 3 aromatic carbocycles. The van der Waals surface area contributed by atoms with E-state index in [1.807, 2.05) is 35.8 Å². The van der Waals surface area contributed by atoms with Gasteiger partial charge < -0.3 is 0 Å². The molecule has 0 spiro atoms. The molecular weight excluding hydrogens is 280 g/mol. The number of rotatable bonds is 2. The number of nitrogens with two attached hydrogens (primary N) is 2. The highest BCUT2D eigenvalue weighted by molar-refractivity contribution is 6.19. The number of nitrogen functional groups attached to an aromatic ring is 2. The van der Waals surface area contributed by atoms with Gasteiger partial charge in [-0.3, -0.25) is 20.4 Å². The van der Waals surface area contributed by atoms with Crippen molar-refractivity contribution in [3.8, 4) is 0 Å². The van der Waals surface area contributed by atoms with Gasteiger partial charge in [-0.05, 0) is 27.6 Å². The van der Waals surface area contributed by atoms with Crippen molar-refractivity contribution in [3.05, 3.63) is 59.7 Å². The molecule has 0 aliphatic carbocycles. The number of amides is 2. The Bertz CT molecular complexity index is 905. The number of nitrogens with one attached hydrogen (secondary N) is 2. The number of hydrogen-bond acceptors (Lipinski definition) is 4. The van der Waals surface area contributed by atoms with Crippen LogP contribution < -0.4 is 22.5 Å². The molecule has 6 heteroatoms. The van der Waals surface area contributed by atoms with Crippen molar-refractivity contribution in [1.29, 1.82) is 0 Å². The largest absolute Gasteiger partial charge is 0.290 e. The molecule has 6 N–H and O–H groups in total. The molecule has 0 fully saturated rings. The maximum absolute atomic E-state index is 12.1. The molecule has 3 rings (SSSR count). The number of hydrazine groups is 2. The van der Waals surface area contributed by atoms with Crippen LogP contribution in [0, 0.1) is 0 Å². The lowest BCUT2D eigenvalue weighted by Crippen LogP contribution is -2.35. The Labute approximate surface area is 126 Å². The Morgan fingerprint density at radius 3 is 2.14 bits per heavy atom. The predicted molar refractivity (Wildman–Crippen MR) is 84.8 cm³/mol. The number of carbonyl (C=O) groups excluding carboxylic acids is 2. The molecular formula is C16H14N4O2. The second kappa shape index (κ2) is 5.44. The lowest BCUT2D eigenvalue weighted by atomic mass is 9.94. The van der Waals surface area contributed by atoms with E-state index in [0.29, 0.717) is 5.39 Å². The van der Waals surface area contributed by atoms with Crippen molar-refractivity contribution < 1.29 is 9.59 Å². The van der Waals surface area contributed by atoms with Crippen LogP contribution >= 0.6 is 0 Å². The lowest BCUT2D eigenvalue weighted by molar-refractivity contribution is 0.0921. The van der Waals surface area contributed by atoms with Gasteiger partial charge in [0.05, 0.1) is 11.1 Å². The molecule has 0 aromatic heterocycles. The van der Waals surface area contributed by atoms with Crippen LogP contribution in [-0.2, 0) is 0 Å². The summed E-state index contributed by atoms with van der Waals surface area (Å²) in [6.07, 6.45) is 0. The molecule has 0 aliphatic heterocycles. The maximum atomic E-state index is 12.1. The summed E-state index contributed by atoms with van der Waals surface area (Å²) >= 11 is 0. The van der Waals surface area contributed by atoms with E-state index in [9.17, 15) is 9.59 Å². The highest BCUT2D eigenvalue weighted by atomic mass is 16.2. The monoisotopic (exact) mass is 294 g/mol. The second-order valence-electron chi connectivity index (χ2n) is 4.82. The van der Waals surface area contributed by atoms with Gasteiger partial charge in [0.15, 0.2) is 0 Å². The van der Waals surface area contributed by atoms with Gasteiger partial charge in [0, 0.05) is 0 Å². The number of benzene rings is 3. The smallest absolute Gasteiger partial charge is 0.266 e. The summed E-state index contributed by atoms with van der Waals surface area (Å²) < 4.78 is 0. The fourth-order valence-electron chi connectivity index (χ4n) is 2.67. The van der Waals surface area contributed by atoms with E-state index in [-0.39, 0.29) is 11.1 Å². The molecule has 22 heavy (non-hydrogen) atoms. The quantitative estimate of drug-likeness (QED) is 0.246. The molecule has 110 valence electrons. The number of carbonyl (C=O) groups is 2. The van der Waals surface area contributed by atoms with E-state index in [0.717, 1.165) is 16.2 Å². The van der Waals surface area contributed by atoms with E-state index in [1.54, 1.807) is 18.2 Å². The molecule has 0 radical (unpaired) electrons. The van der Waals surface area contributed by atoms with E-state index in [4.69, 9.17) is 11.7 Å². The van der Waals surface area contributed by atoms with E-state index in [2.05, 4.69) is 5.43 Å². The molecule has 2 amide bonds. The molecule has 3 aromatic rings. The summed E-state index contributed by atoms with van der Waals surface area (Å²) in [7, 11) is 0. The topological polar surface area (TPSA) is 110 Å². The summed E-state index contributed by atoms with van der Waals surface area (Å²) in [6, 6.07) is 14.9. The first-order chi connectivity index (χ1) is 10.7. The lowest BCUT2D eigenvalue weighted by Gasteiger charge is -2.12. The SMILES string of the molecule is NNC(=O)c1ccc2c(ccc3ccccc32)c1C(=O)NN. The Kier molecular flexibility index (Phi) is 3.46. The third-order valence-electron chi connectivity index (χ3n) is 3.66. The van der Waals surface area contributed by atoms with Crippen molar-refractivity contribution in [2.45, 2.75) is 0 Å². The van der Waals surface area contributed by atoms with Crippen LogP contribution in [0.1, 0.15) is 20.7 Å². The molecule has 0 saturated heterocycles. The maximum Gasteiger partial charge on any atom is 0.266 e. The average molecular weight is 294 g/mol. The summed E-state index contributed by atoms with van der Waals surface area (Å²) in [4.78, 5) is 24.1. The van der Waals surface area contributed by atoms with Crippen LogP contribution in [0.4, 0.5) is 0 Å². The minimum atomic E-state index is -0.548. The van der Waals surface area contributed by atoms with Crippen molar-refractivity contribution in [2.75, 3.05) is 0 Å². The molecule has 0 saturated carbocycles. The van der Waals surface area contributed by atoms with Crippen LogP contribution in [0.15, 0.2) is 48.5 Å². The van der Waals surface area contributed by atoms with Crippen LogP contribution in [0.3, 0.4) is 0 Å². The molecule has 0 bridgehead atoms. The fraction of sp³-hybridized carbons (Fsp3) is 0. The van der Waals surface area contributed by atoms with E-state index in [1.165, 1.54) is 0 Å². The van der Waals surface area contributed by atoms with Crippen molar-refractivity contribution in [1.82, 2.24) is 10.9 Å². The van der Waals surface area contributed by atoms with Crippen molar-refractivity contribution in [3.63, 3.8) is 0 Å². The van der Waals surface area contributed by atoms with Crippen molar-refractivity contribution in [2.24, 2.45) is 11.7 Å². The Hall–Kier alpha value is -2.96. The molecule has 0 unspecified atom stereocenters. The normalized spacial score (nSPS) is 10.6. The highest BCUT2D eigenvalue weighted by Gasteiger charge is 2.19. The third-order valence-corrected chi connectivity index (χ3v) is 3.66. The predicted octanol–water partition coefficient (Wildman–Crippen LogP) is 1.20. The van der Waals surface area contributed by atoms with Gasteiger partial charge in [-0.15, -0.1) is 0 Å². The summed E-state index contributed by atoms with van der Waals surface area (Å²) in [6.45, 7) is 0. The average Bonchev–Trinajstić information content (AvgIpc) is 2.59.